The van der Waals surface area contributed by atoms with Crippen LogP contribution in [0.4, 0.5) is 5.69 Å². The molecule has 3 aliphatic rings. The van der Waals surface area contributed by atoms with Crippen molar-refractivity contribution in [3.8, 4) is 0 Å². The number of nitro benzene ring substituents is 1. The van der Waals surface area contributed by atoms with Crippen molar-refractivity contribution in [1.29, 1.82) is 0 Å². The first-order chi connectivity index (χ1) is 14.6. The molecule has 0 radical (unpaired) electrons. The van der Waals surface area contributed by atoms with Crippen LogP contribution in [-0.4, -0.2) is 33.5 Å². The summed E-state index contributed by atoms with van der Waals surface area (Å²) in [5.41, 5.74) is 1.85. The van der Waals surface area contributed by atoms with E-state index in [0.29, 0.717) is 23.7 Å². The number of hydrogen-bond donors (Lipinski definition) is 3. The summed E-state index contributed by atoms with van der Waals surface area (Å²) in [5, 5.41) is 21.4. The summed E-state index contributed by atoms with van der Waals surface area (Å²) in [4.78, 5) is 37.1. The molecule has 4 rings (SSSR count). The van der Waals surface area contributed by atoms with Crippen LogP contribution in [0.2, 0.25) is 0 Å². The van der Waals surface area contributed by atoms with Crippen molar-refractivity contribution >= 4 is 29.1 Å². The van der Waals surface area contributed by atoms with E-state index in [-0.39, 0.29) is 34.5 Å². The Morgan fingerprint density at radius 1 is 1.13 bits per heavy atom. The van der Waals surface area contributed by atoms with Crippen LogP contribution in [0, 0.1) is 21.4 Å². The summed E-state index contributed by atoms with van der Waals surface area (Å²) < 4.78 is 0. The fourth-order valence-electron chi connectivity index (χ4n) is 4.87. The van der Waals surface area contributed by atoms with Gasteiger partial charge in [0, 0.05) is 41.0 Å². The van der Waals surface area contributed by atoms with E-state index in [9.17, 15) is 19.7 Å². The van der Waals surface area contributed by atoms with Gasteiger partial charge in [0.1, 0.15) is 5.50 Å². The molecule has 9 heteroatoms. The van der Waals surface area contributed by atoms with Gasteiger partial charge in [0.05, 0.1) is 17.0 Å². The molecule has 0 spiro atoms. The highest BCUT2D eigenvalue weighted by molar-refractivity contribution is 8.00. The lowest BCUT2D eigenvalue weighted by Gasteiger charge is -2.49. The Morgan fingerprint density at radius 2 is 1.81 bits per heavy atom. The standard InChI is InChI=1S/C22H28N4O4S/c1-11(2)31-21-24-19-18(20(28)25-21)16(12-5-7-13(8-6-12)26(29)30)17-14(23-19)9-22(3,4)10-15(17)27/h5-8,11,16,18-19,21,23-24H,9-10H2,1-4H3,(H,25,28). The minimum Gasteiger partial charge on any atom is -0.372 e. The Labute approximate surface area is 185 Å². The lowest BCUT2D eigenvalue weighted by atomic mass is 9.66. The van der Waals surface area contributed by atoms with Crippen LogP contribution < -0.4 is 16.0 Å². The van der Waals surface area contributed by atoms with Crippen LogP contribution in [0.3, 0.4) is 0 Å². The molecule has 1 saturated heterocycles. The maximum Gasteiger partial charge on any atom is 0.269 e. The van der Waals surface area contributed by atoms with Gasteiger partial charge in [-0.25, -0.2) is 0 Å². The molecule has 2 heterocycles. The number of non-ortho nitro benzene ring substituents is 1. The predicted molar refractivity (Wildman–Crippen MR) is 119 cm³/mol. The summed E-state index contributed by atoms with van der Waals surface area (Å²) in [6, 6.07) is 6.22. The van der Waals surface area contributed by atoms with E-state index in [0.717, 1.165) is 11.3 Å². The summed E-state index contributed by atoms with van der Waals surface area (Å²) in [7, 11) is 0. The highest BCUT2D eigenvalue weighted by Crippen LogP contribution is 2.47. The minimum absolute atomic E-state index is 0.0147. The van der Waals surface area contributed by atoms with E-state index in [4.69, 9.17) is 0 Å². The summed E-state index contributed by atoms with van der Waals surface area (Å²) >= 11 is 1.63. The summed E-state index contributed by atoms with van der Waals surface area (Å²) in [6.07, 6.45) is 0.798. The van der Waals surface area contributed by atoms with Crippen molar-refractivity contribution < 1.29 is 14.5 Å². The van der Waals surface area contributed by atoms with E-state index >= 15 is 0 Å². The number of hydrogen-bond acceptors (Lipinski definition) is 7. The molecule has 1 fully saturated rings. The van der Waals surface area contributed by atoms with Gasteiger partial charge in [-0.2, -0.15) is 0 Å². The smallest absolute Gasteiger partial charge is 0.269 e. The first-order valence-electron chi connectivity index (χ1n) is 10.5. The van der Waals surface area contributed by atoms with Gasteiger partial charge in [-0.3, -0.25) is 25.0 Å². The number of fused-ring (bicyclic) bond motifs is 1. The number of rotatable bonds is 4. The molecule has 1 aromatic carbocycles. The second-order valence-electron chi connectivity index (χ2n) is 9.55. The fraction of sp³-hybridized carbons (Fsp3) is 0.545. The van der Waals surface area contributed by atoms with E-state index in [1.807, 2.05) is 0 Å². The molecule has 4 unspecified atom stereocenters. The number of nitrogens with zero attached hydrogens (tertiary/aromatic N) is 1. The molecular formula is C22H28N4O4S. The van der Waals surface area contributed by atoms with Crippen LogP contribution in [0.25, 0.3) is 0 Å². The van der Waals surface area contributed by atoms with Gasteiger partial charge >= 0.3 is 0 Å². The van der Waals surface area contributed by atoms with Crippen molar-refractivity contribution in [1.82, 2.24) is 16.0 Å². The summed E-state index contributed by atoms with van der Waals surface area (Å²) in [5.74, 6) is -1.08. The fourth-order valence-corrected chi connectivity index (χ4v) is 5.83. The van der Waals surface area contributed by atoms with Gasteiger partial charge in [-0.05, 0) is 17.4 Å². The lowest BCUT2D eigenvalue weighted by Crippen LogP contribution is -2.68. The number of benzene rings is 1. The SMILES string of the molecule is CC(C)SC1NC(=O)C2C(NC3=C(C(=O)CC(C)(C)C3)C2c2ccc([N+](=O)[O-])cc2)N1. The molecule has 8 nitrogen and oxygen atoms in total. The normalized spacial score (nSPS) is 29.7. The third kappa shape index (κ3) is 4.21. The molecule has 2 aliphatic heterocycles. The first-order valence-corrected chi connectivity index (χ1v) is 11.5. The van der Waals surface area contributed by atoms with Gasteiger partial charge in [-0.1, -0.05) is 39.8 Å². The number of amides is 1. The van der Waals surface area contributed by atoms with Crippen molar-refractivity contribution in [2.75, 3.05) is 0 Å². The number of allylic oxidation sites excluding steroid dienone is 2. The Morgan fingerprint density at radius 3 is 2.42 bits per heavy atom. The van der Waals surface area contributed by atoms with Crippen LogP contribution in [0.1, 0.15) is 52.0 Å². The first kappa shape index (κ1) is 21.8. The highest BCUT2D eigenvalue weighted by atomic mass is 32.2. The molecular weight excluding hydrogens is 416 g/mol. The van der Waals surface area contributed by atoms with Crippen molar-refractivity contribution in [2.24, 2.45) is 11.3 Å². The lowest BCUT2D eigenvalue weighted by molar-refractivity contribution is -0.384. The predicted octanol–water partition coefficient (Wildman–Crippen LogP) is 3.01. The molecule has 1 amide bonds. The van der Waals surface area contributed by atoms with E-state index in [1.165, 1.54) is 12.1 Å². The second-order valence-corrected chi connectivity index (χ2v) is 11.2. The Hall–Kier alpha value is -2.39. The van der Waals surface area contributed by atoms with Gasteiger partial charge in [0.25, 0.3) is 5.69 Å². The monoisotopic (exact) mass is 444 g/mol. The zero-order valence-corrected chi connectivity index (χ0v) is 18.9. The number of nitro groups is 1. The third-order valence-electron chi connectivity index (χ3n) is 6.06. The average molecular weight is 445 g/mol. The van der Waals surface area contributed by atoms with Crippen LogP contribution >= 0.6 is 11.8 Å². The maximum absolute atomic E-state index is 13.2. The zero-order chi connectivity index (χ0) is 22.5. The van der Waals surface area contributed by atoms with E-state index in [2.05, 4.69) is 43.6 Å². The Bertz CT molecular complexity index is 957. The molecule has 0 aromatic heterocycles. The molecule has 1 aliphatic carbocycles. The van der Waals surface area contributed by atoms with Gasteiger partial charge in [-0.15, -0.1) is 11.8 Å². The third-order valence-corrected chi connectivity index (χ3v) is 7.13. The van der Waals surface area contributed by atoms with E-state index < -0.39 is 16.8 Å². The topological polar surface area (TPSA) is 113 Å². The largest absolute Gasteiger partial charge is 0.372 e. The number of nitrogens with one attached hydrogen (secondary N) is 3. The Balaban J connectivity index is 1.78. The number of carbonyl (C=O) groups excluding carboxylic acids is 2. The second kappa shape index (κ2) is 7.94. The van der Waals surface area contributed by atoms with Crippen LogP contribution in [0.5, 0.6) is 0 Å². The number of carbonyl (C=O) groups is 2. The zero-order valence-electron chi connectivity index (χ0n) is 18.1. The van der Waals surface area contributed by atoms with Crippen LogP contribution in [0.15, 0.2) is 35.5 Å². The van der Waals surface area contributed by atoms with Crippen molar-refractivity contribution in [3.05, 3.63) is 51.2 Å². The van der Waals surface area contributed by atoms with Crippen LogP contribution in [-0.2, 0) is 9.59 Å². The molecule has 4 atom stereocenters. The number of ketones is 1. The Kier molecular flexibility index (Phi) is 5.59. The van der Waals surface area contributed by atoms with Gasteiger partial charge in [0.2, 0.25) is 5.91 Å². The van der Waals surface area contributed by atoms with Gasteiger partial charge < -0.3 is 10.6 Å². The average Bonchev–Trinajstić information content (AvgIpc) is 2.64. The highest BCUT2D eigenvalue weighted by Gasteiger charge is 2.51. The van der Waals surface area contributed by atoms with E-state index in [1.54, 1.807) is 23.9 Å². The number of Topliss-reactive ketones (excluding diaryl/α,β-unsaturated/α-hetero) is 1. The molecule has 1 aromatic rings. The number of thioether (sulfide) groups is 1. The maximum atomic E-state index is 13.2. The molecule has 31 heavy (non-hydrogen) atoms. The van der Waals surface area contributed by atoms with Gasteiger partial charge in [0.15, 0.2) is 5.78 Å². The minimum atomic E-state index is -0.533. The summed E-state index contributed by atoms with van der Waals surface area (Å²) in [6.45, 7) is 8.28. The van der Waals surface area contributed by atoms with Crippen molar-refractivity contribution in [2.45, 2.75) is 63.4 Å². The quantitative estimate of drug-likeness (QED) is 0.483. The molecule has 0 bridgehead atoms. The molecule has 3 N–H and O–H groups in total. The molecule has 0 saturated carbocycles. The van der Waals surface area contributed by atoms with Crippen molar-refractivity contribution in [3.63, 3.8) is 0 Å². The molecule has 166 valence electrons.